The Morgan fingerprint density at radius 1 is 1.22 bits per heavy atom. The van der Waals surface area contributed by atoms with Crippen molar-refractivity contribution in [1.82, 2.24) is 0 Å². The van der Waals surface area contributed by atoms with E-state index in [1.54, 1.807) is 25.1 Å². The first-order valence-electron chi connectivity index (χ1n) is 7.01. The topological polar surface area (TPSA) is 55.4 Å². The van der Waals surface area contributed by atoms with Crippen LogP contribution in [0.1, 0.15) is 29.3 Å². The molecule has 6 heteroatoms. The van der Waals surface area contributed by atoms with Gasteiger partial charge in [-0.05, 0) is 30.3 Å². The second-order valence-electron chi connectivity index (χ2n) is 4.76. The molecule has 0 aliphatic heterocycles. The highest BCUT2D eigenvalue weighted by atomic mass is 35.5. The molecule has 2 rings (SSSR count). The summed E-state index contributed by atoms with van der Waals surface area (Å²) in [5.74, 6) is -1.32. The van der Waals surface area contributed by atoms with Gasteiger partial charge in [-0.25, -0.2) is 9.18 Å². The zero-order valence-corrected chi connectivity index (χ0v) is 13.2. The highest BCUT2D eigenvalue weighted by Crippen LogP contribution is 2.20. The fraction of sp³-hybridized carbons (Fsp3) is 0.176. The van der Waals surface area contributed by atoms with Crippen LogP contribution in [0, 0.1) is 5.82 Å². The number of hydrogen-bond donors (Lipinski definition) is 1. The van der Waals surface area contributed by atoms with Gasteiger partial charge in [0, 0.05) is 17.7 Å². The molecule has 0 atom stereocenters. The molecule has 0 spiro atoms. The van der Waals surface area contributed by atoms with Crippen molar-refractivity contribution in [3.8, 4) is 0 Å². The largest absolute Gasteiger partial charge is 0.457 e. The number of nitrogens with one attached hydrogen (secondary N) is 1. The highest BCUT2D eigenvalue weighted by Gasteiger charge is 2.12. The summed E-state index contributed by atoms with van der Waals surface area (Å²) >= 11 is 5.88. The fourth-order valence-electron chi connectivity index (χ4n) is 1.86. The number of benzene rings is 2. The van der Waals surface area contributed by atoms with Crippen LogP contribution in [0.15, 0.2) is 42.5 Å². The van der Waals surface area contributed by atoms with Crippen molar-refractivity contribution in [2.45, 2.75) is 20.0 Å². The molecule has 0 saturated heterocycles. The van der Waals surface area contributed by atoms with Crippen LogP contribution in [0.2, 0.25) is 5.02 Å². The average Bonchev–Trinajstić information content (AvgIpc) is 2.54. The van der Waals surface area contributed by atoms with Crippen molar-refractivity contribution in [3.63, 3.8) is 0 Å². The molecule has 2 aromatic carbocycles. The summed E-state index contributed by atoms with van der Waals surface area (Å²) in [4.78, 5) is 23.4. The third-order valence-electron chi connectivity index (χ3n) is 3.11. The van der Waals surface area contributed by atoms with Crippen molar-refractivity contribution >= 4 is 29.2 Å². The number of carbonyl (C=O) groups excluding carboxylic acids is 2. The third kappa shape index (κ3) is 4.53. The Kier molecular flexibility index (Phi) is 5.71. The number of rotatable bonds is 5. The molecule has 0 heterocycles. The first-order valence-corrected chi connectivity index (χ1v) is 7.39. The van der Waals surface area contributed by atoms with Crippen molar-refractivity contribution in [1.29, 1.82) is 0 Å². The fourth-order valence-corrected chi connectivity index (χ4v) is 2.08. The van der Waals surface area contributed by atoms with E-state index >= 15 is 0 Å². The lowest BCUT2D eigenvalue weighted by atomic mass is 10.2. The highest BCUT2D eigenvalue weighted by molar-refractivity contribution is 6.31. The number of halogens is 2. The van der Waals surface area contributed by atoms with Gasteiger partial charge in [-0.1, -0.05) is 30.7 Å². The van der Waals surface area contributed by atoms with Crippen molar-refractivity contribution in [3.05, 3.63) is 64.4 Å². The molecule has 0 aliphatic carbocycles. The molecule has 0 saturated carbocycles. The molecule has 1 amide bonds. The van der Waals surface area contributed by atoms with E-state index in [-0.39, 0.29) is 28.7 Å². The van der Waals surface area contributed by atoms with E-state index in [0.717, 1.165) is 0 Å². The van der Waals surface area contributed by atoms with Crippen molar-refractivity contribution in [2.24, 2.45) is 0 Å². The molecule has 0 radical (unpaired) electrons. The van der Waals surface area contributed by atoms with Gasteiger partial charge in [0.15, 0.2) is 0 Å². The van der Waals surface area contributed by atoms with Crippen LogP contribution in [-0.2, 0) is 16.1 Å². The SMILES string of the molecule is CCC(=O)Nc1cccc(C(=O)OCc2c(F)cccc2Cl)c1. The summed E-state index contributed by atoms with van der Waals surface area (Å²) in [6.45, 7) is 1.46. The van der Waals surface area contributed by atoms with Gasteiger partial charge in [0.05, 0.1) is 10.6 Å². The zero-order valence-electron chi connectivity index (χ0n) is 12.4. The van der Waals surface area contributed by atoms with Gasteiger partial charge >= 0.3 is 5.97 Å². The van der Waals surface area contributed by atoms with Crippen LogP contribution < -0.4 is 5.32 Å². The minimum atomic E-state index is -0.628. The van der Waals surface area contributed by atoms with Crippen LogP contribution in [0.3, 0.4) is 0 Å². The van der Waals surface area contributed by atoms with Gasteiger partial charge in [0.2, 0.25) is 5.91 Å². The number of amides is 1. The summed E-state index contributed by atoms with van der Waals surface area (Å²) < 4.78 is 18.7. The predicted molar refractivity (Wildman–Crippen MR) is 85.9 cm³/mol. The number of ether oxygens (including phenoxy) is 1. The van der Waals surface area contributed by atoms with Gasteiger partial charge in [-0.3, -0.25) is 4.79 Å². The average molecular weight is 336 g/mol. The van der Waals surface area contributed by atoms with Crippen LogP contribution in [0.25, 0.3) is 0 Å². The van der Waals surface area contributed by atoms with Gasteiger partial charge in [-0.2, -0.15) is 0 Å². The maximum Gasteiger partial charge on any atom is 0.338 e. The van der Waals surface area contributed by atoms with Crippen LogP contribution in [0.4, 0.5) is 10.1 Å². The summed E-state index contributed by atoms with van der Waals surface area (Å²) in [6.07, 6.45) is 0.334. The van der Waals surface area contributed by atoms with Crippen LogP contribution in [0.5, 0.6) is 0 Å². The first kappa shape index (κ1) is 17.0. The van der Waals surface area contributed by atoms with Crippen molar-refractivity contribution < 1.29 is 18.7 Å². The zero-order chi connectivity index (χ0) is 16.8. The molecule has 120 valence electrons. The molecule has 0 aromatic heterocycles. The third-order valence-corrected chi connectivity index (χ3v) is 3.47. The molecule has 0 unspecified atom stereocenters. The van der Waals surface area contributed by atoms with E-state index in [1.165, 1.54) is 24.3 Å². The summed E-state index contributed by atoms with van der Waals surface area (Å²) in [5, 5.41) is 2.85. The Bertz CT molecular complexity index is 713. The normalized spacial score (nSPS) is 10.2. The Hall–Kier alpha value is -2.40. The molecule has 1 N–H and O–H groups in total. The lowest BCUT2D eigenvalue weighted by Gasteiger charge is -2.09. The van der Waals surface area contributed by atoms with Gasteiger partial charge in [0.1, 0.15) is 12.4 Å². The lowest BCUT2D eigenvalue weighted by molar-refractivity contribution is -0.115. The Morgan fingerprint density at radius 2 is 1.96 bits per heavy atom. The minimum Gasteiger partial charge on any atom is -0.457 e. The Morgan fingerprint density at radius 3 is 2.65 bits per heavy atom. The van der Waals surface area contributed by atoms with E-state index in [0.29, 0.717) is 12.1 Å². The Labute approximate surface area is 138 Å². The van der Waals surface area contributed by atoms with E-state index in [2.05, 4.69) is 5.32 Å². The Balaban J connectivity index is 2.06. The van der Waals surface area contributed by atoms with Crippen molar-refractivity contribution in [2.75, 3.05) is 5.32 Å². The van der Waals surface area contributed by atoms with Gasteiger partial charge in [-0.15, -0.1) is 0 Å². The molecular formula is C17H15ClFNO3. The van der Waals surface area contributed by atoms with Gasteiger partial charge in [0.25, 0.3) is 0 Å². The van der Waals surface area contributed by atoms with E-state index in [1.807, 2.05) is 0 Å². The molecule has 0 fully saturated rings. The van der Waals surface area contributed by atoms with E-state index in [4.69, 9.17) is 16.3 Å². The lowest BCUT2D eigenvalue weighted by Crippen LogP contribution is -2.11. The molecule has 4 nitrogen and oxygen atoms in total. The predicted octanol–water partition coefficient (Wildman–Crippen LogP) is 4.18. The number of carbonyl (C=O) groups is 2. The maximum absolute atomic E-state index is 13.6. The molecule has 2 aromatic rings. The van der Waals surface area contributed by atoms with E-state index in [9.17, 15) is 14.0 Å². The van der Waals surface area contributed by atoms with Gasteiger partial charge < -0.3 is 10.1 Å². The quantitative estimate of drug-likeness (QED) is 0.834. The monoisotopic (exact) mass is 335 g/mol. The van der Waals surface area contributed by atoms with Crippen LogP contribution >= 0.6 is 11.6 Å². The standard InChI is InChI=1S/C17H15ClFNO3/c1-2-16(21)20-12-6-3-5-11(9-12)17(22)23-10-13-14(18)7-4-8-15(13)19/h3-9H,2,10H2,1H3,(H,20,21). The summed E-state index contributed by atoms with van der Waals surface area (Å²) in [5.41, 5.74) is 0.875. The summed E-state index contributed by atoms with van der Waals surface area (Å²) in [7, 11) is 0. The molecule has 0 bridgehead atoms. The van der Waals surface area contributed by atoms with E-state index < -0.39 is 11.8 Å². The number of hydrogen-bond acceptors (Lipinski definition) is 3. The number of anilines is 1. The smallest absolute Gasteiger partial charge is 0.338 e. The first-order chi connectivity index (χ1) is 11.0. The molecule has 23 heavy (non-hydrogen) atoms. The number of esters is 1. The minimum absolute atomic E-state index is 0.123. The second-order valence-corrected chi connectivity index (χ2v) is 5.17. The maximum atomic E-state index is 13.6. The van der Waals surface area contributed by atoms with Crippen LogP contribution in [-0.4, -0.2) is 11.9 Å². The molecule has 0 aliphatic rings. The second kappa shape index (κ2) is 7.74. The summed E-state index contributed by atoms with van der Waals surface area (Å²) in [6, 6.07) is 10.6. The molecular weight excluding hydrogens is 321 g/mol.